The number of nitrogens with zero attached hydrogens (tertiary/aromatic N) is 2. The van der Waals surface area contributed by atoms with E-state index in [1.165, 1.54) is 11.1 Å². The number of benzene rings is 4. The van der Waals surface area contributed by atoms with Crippen molar-refractivity contribution >= 4 is 34.0 Å². The minimum absolute atomic E-state index is 0.224. The van der Waals surface area contributed by atoms with Crippen molar-refractivity contribution in [2.45, 2.75) is 6.04 Å². The maximum Gasteiger partial charge on any atom is 0.296 e. The average molecular weight is 515 g/mol. The van der Waals surface area contributed by atoms with Crippen molar-refractivity contribution in [1.82, 2.24) is 9.88 Å². The van der Waals surface area contributed by atoms with Crippen LogP contribution in [0.2, 0.25) is 0 Å². The summed E-state index contributed by atoms with van der Waals surface area (Å²) in [4.78, 5) is 33.4. The lowest BCUT2D eigenvalue weighted by Gasteiger charge is -2.40. The van der Waals surface area contributed by atoms with Gasteiger partial charge >= 0.3 is 0 Å². The van der Waals surface area contributed by atoms with Gasteiger partial charge in [0.15, 0.2) is 0 Å². The summed E-state index contributed by atoms with van der Waals surface area (Å²) in [5, 5.41) is 3.50. The van der Waals surface area contributed by atoms with Gasteiger partial charge < -0.3 is 15.2 Å². The number of amides is 1. The second-order valence-corrected chi connectivity index (χ2v) is 9.82. The predicted octanol–water partition coefficient (Wildman–Crippen LogP) is 5.90. The molecule has 1 fully saturated rings. The number of hydrogen-bond acceptors (Lipinski definition) is 4. The topological polar surface area (TPSA) is 68.4 Å². The molecule has 1 saturated heterocycles. The van der Waals surface area contributed by atoms with Crippen LogP contribution in [-0.4, -0.2) is 47.8 Å². The van der Waals surface area contributed by atoms with E-state index in [0.717, 1.165) is 42.8 Å². The summed E-state index contributed by atoms with van der Waals surface area (Å²) < 4.78 is 0. The van der Waals surface area contributed by atoms with Gasteiger partial charge in [-0.25, -0.2) is 0 Å². The maximum atomic E-state index is 12.8. The van der Waals surface area contributed by atoms with Crippen LogP contribution >= 0.6 is 0 Å². The number of piperazine rings is 1. The summed E-state index contributed by atoms with van der Waals surface area (Å²) in [6.45, 7) is 3.68. The summed E-state index contributed by atoms with van der Waals surface area (Å²) in [5.74, 6) is -1.20. The molecule has 6 rings (SSSR count). The molecule has 2 N–H and O–H groups in total. The van der Waals surface area contributed by atoms with Crippen molar-refractivity contribution in [3.8, 4) is 0 Å². The van der Waals surface area contributed by atoms with Crippen LogP contribution in [0.3, 0.4) is 0 Å². The lowest BCUT2D eigenvalue weighted by Crippen LogP contribution is -2.48. The Balaban J connectivity index is 1.10. The van der Waals surface area contributed by atoms with Gasteiger partial charge in [-0.3, -0.25) is 14.5 Å². The minimum Gasteiger partial charge on any atom is -0.369 e. The van der Waals surface area contributed by atoms with Crippen molar-refractivity contribution < 1.29 is 9.59 Å². The maximum absolute atomic E-state index is 12.8. The van der Waals surface area contributed by atoms with Crippen LogP contribution in [0, 0.1) is 0 Å². The molecule has 0 radical (unpaired) electrons. The highest BCUT2D eigenvalue weighted by molar-refractivity contribution is 6.48. The number of ketones is 1. The summed E-state index contributed by atoms with van der Waals surface area (Å²) >= 11 is 0. The number of aromatic nitrogens is 1. The fourth-order valence-corrected chi connectivity index (χ4v) is 5.45. The second kappa shape index (κ2) is 11.0. The van der Waals surface area contributed by atoms with E-state index in [-0.39, 0.29) is 6.04 Å². The van der Waals surface area contributed by atoms with E-state index in [4.69, 9.17) is 0 Å². The van der Waals surface area contributed by atoms with Gasteiger partial charge in [0.25, 0.3) is 11.7 Å². The largest absolute Gasteiger partial charge is 0.369 e. The Hall–Kier alpha value is -4.68. The molecule has 0 saturated carbocycles. The third-order valence-corrected chi connectivity index (χ3v) is 7.44. The third-order valence-electron chi connectivity index (χ3n) is 7.44. The standard InChI is InChI=1S/C33H30N4O2/c38-32(29-23-34-30-14-8-7-13-28(29)30)33(39)35-26-15-17-27(18-16-26)36-19-21-37(22-20-36)31(24-9-3-1-4-10-24)25-11-5-2-6-12-25/h1-18,23,31,34H,19-22H2,(H,35,39). The van der Waals surface area contributed by atoms with Crippen molar-refractivity contribution in [3.63, 3.8) is 0 Å². The molecular weight excluding hydrogens is 484 g/mol. The van der Waals surface area contributed by atoms with Crippen LogP contribution < -0.4 is 10.2 Å². The summed E-state index contributed by atoms with van der Waals surface area (Å²) in [7, 11) is 0. The van der Waals surface area contributed by atoms with Gasteiger partial charge in [-0.1, -0.05) is 78.9 Å². The van der Waals surface area contributed by atoms with Gasteiger partial charge in [-0.2, -0.15) is 0 Å². The number of para-hydroxylation sites is 1. The normalized spacial score (nSPS) is 14.0. The number of anilines is 2. The Morgan fingerprint density at radius 1 is 0.692 bits per heavy atom. The molecule has 0 aliphatic carbocycles. The first-order valence-corrected chi connectivity index (χ1v) is 13.3. The highest BCUT2D eigenvalue weighted by Gasteiger charge is 2.26. The van der Waals surface area contributed by atoms with E-state index >= 15 is 0 Å². The van der Waals surface area contributed by atoms with Crippen LogP contribution in [0.5, 0.6) is 0 Å². The Labute approximate surface area is 227 Å². The second-order valence-electron chi connectivity index (χ2n) is 9.82. The molecule has 0 atom stereocenters. The first kappa shape index (κ1) is 24.6. The lowest BCUT2D eigenvalue weighted by atomic mass is 9.96. The van der Waals surface area contributed by atoms with E-state index in [9.17, 15) is 9.59 Å². The van der Waals surface area contributed by atoms with Crippen molar-refractivity contribution in [2.24, 2.45) is 0 Å². The fourth-order valence-electron chi connectivity index (χ4n) is 5.45. The Bertz CT molecular complexity index is 1530. The number of hydrogen-bond donors (Lipinski definition) is 2. The predicted molar refractivity (Wildman–Crippen MR) is 156 cm³/mol. The number of carbonyl (C=O) groups is 2. The van der Waals surface area contributed by atoms with Crippen molar-refractivity contribution in [2.75, 3.05) is 36.4 Å². The van der Waals surface area contributed by atoms with Gasteiger partial charge in [0, 0.05) is 54.7 Å². The molecule has 4 aromatic carbocycles. The molecule has 5 aromatic rings. The van der Waals surface area contributed by atoms with Gasteiger partial charge in [0.05, 0.1) is 11.6 Å². The molecule has 0 spiro atoms. The van der Waals surface area contributed by atoms with Crippen molar-refractivity contribution in [3.05, 3.63) is 132 Å². The lowest BCUT2D eigenvalue weighted by molar-refractivity contribution is -0.112. The molecular formula is C33H30N4O2. The molecule has 0 bridgehead atoms. The summed E-state index contributed by atoms with van der Waals surface area (Å²) in [6.07, 6.45) is 1.59. The number of carbonyl (C=O) groups excluding carboxylic acids is 2. The van der Waals surface area contributed by atoms with Gasteiger partial charge in [0.2, 0.25) is 0 Å². The number of rotatable bonds is 7. The first-order valence-electron chi connectivity index (χ1n) is 13.3. The van der Waals surface area contributed by atoms with E-state index in [1.807, 2.05) is 48.5 Å². The quantitative estimate of drug-likeness (QED) is 0.210. The number of aromatic amines is 1. The fraction of sp³-hybridized carbons (Fsp3) is 0.152. The smallest absolute Gasteiger partial charge is 0.296 e. The average Bonchev–Trinajstić information content (AvgIpc) is 3.43. The van der Waals surface area contributed by atoms with E-state index < -0.39 is 11.7 Å². The molecule has 6 nitrogen and oxygen atoms in total. The van der Waals surface area contributed by atoms with Crippen molar-refractivity contribution in [1.29, 1.82) is 0 Å². The van der Waals surface area contributed by atoms with E-state index in [0.29, 0.717) is 11.3 Å². The van der Waals surface area contributed by atoms with Crippen LogP contribution in [0.25, 0.3) is 10.9 Å². The van der Waals surface area contributed by atoms with Gasteiger partial charge in [-0.15, -0.1) is 0 Å². The zero-order chi connectivity index (χ0) is 26.6. The monoisotopic (exact) mass is 514 g/mol. The molecule has 0 unspecified atom stereocenters. The van der Waals surface area contributed by atoms with Gasteiger partial charge in [0.1, 0.15) is 0 Å². The summed E-state index contributed by atoms with van der Waals surface area (Å²) in [5.41, 5.74) is 5.52. The van der Waals surface area contributed by atoms with Crippen LogP contribution in [0.1, 0.15) is 27.5 Å². The van der Waals surface area contributed by atoms with Crippen LogP contribution in [-0.2, 0) is 4.79 Å². The summed E-state index contributed by atoms with van der Waals surface area (Å²) in [6, 6.07) is 36.8. The molecule has 2 heterocycles. The zero-order valence-corrected chi connectivity index (χ0v) is 21.6. The minimum atomic E-state index is -0.644. The molecule has 194 valence electrons. The van der Waals surface area contributed by atoms with E-state index in [1.54, 1.807) is 6.20 Å². The highest BCUT2D eigenvalue weighted by atomic mass is 16.2. The third kappa shape index (κ3) is 5.19. The first-order chi connectivity index (χ1) is 19.2. The zero-order valence-electron chi connectivity index (χ0n) is 21.6. The van der Waals surface area contributed by atoms with E-state index in [2.05, 4.69) is 80.8 Å². The Morgan fingerprint density at radius 3 is 1.92 bits per heavy atom. The Morgan fingerprint density at radius 2 is 1.28 bits per heavy atom. The molecule has 1 amide bonds. The molecule has 1 aliphatic heterocycles. The number of fused-ring (bicyclic) bond motifs is 1. The Kier molecular flexibility index (Phi) is 6.93. The van der Waals surface area contributed by atoms with Gasteiger partial charge in [-0.05, 0) is 41.5 Å². The number of Topliss-reactive ketones (excluding diaryl/α,β-unsaturated/α-hetero) is 1. The molecule has 1 aliphatic rings. The molecule has 6 heteroatoms. The number of nitrogens with one attached hydrogen (secondary N) is 2. The SMILES string of the molecule is O=C(Nc1ccc(N2CCN(C(c3ccccc3)c3ccccc3)CC2)cc1)C(=O)c1c[nH]c2ccccc12. The van der Waals surface area contributed by atoms with Crippen LogP contribution in [0.4, 0.5) is 11.4 Å². The van der Waals surface area contributed by atoms with Crippen LogP contribution in [0.15, 0.2) is 115 Å². The molecule has 39 heavy (non-hydrogen) atoms. The molecule has 1 aromatic heterocycles. The highest BCUT2D eigenvalue weighted by Crippen LogP contribution is 2.30. The number of H-pyrrole nitrogens is 1.